The predicted molar refractivity (Wildman–Crippen MR) is 111 cm³/mol. The van der Waals surface area contributed by atoms with Crippen LogP contribution in [0.15, 0.2) is 53.1 Å². The molecule has 7 heteroatoms. The summed E-state index contributed by atoms with van der Waals surface area (Å²) in [5.74, 6) is 1.71. The average Bonchev–Trinajstić information content (AvgIpc) is 3.36. The molecule has 1 unspecified atom stereocenters. The maximum Gasteiger partial charge on any atom is 0.257 e. The molecule has 1 aliphatic heterocycles. The Morgan fingerprint density at radius 2 is 2.07 bits per heavy atom. The van der Waals surface area contributed by atoms with E-state index in [1.165, 1.54) is 0 Å². The Morgan fingerprint density at radius 1 is 1.24 bits per heavy atom. The van der Waals surface area contributed by atoms with Gasteiger partial charge in [-0.1, -0.05) is 36.2 Å². The number of hydrogen-bond acceptors (Lipinski definition) is 5. The molecule has 0 aliphatic carbocycles. The van der Waals surface area contributed by atoms with Gasteiger partial charge in [0.15, 0.2) is 5.82 Å². The van der Waals surface area contributed by atoms with Gasteiger partial charge < -0.3 is 14.2 Å². The summed E-state index contributed by atoms with van der Waals surface area (Å²) in [6.07, 6.45) is 2.47. The minimum Gasteiger partial charge on any atom is -0.494 e. The fourth-order valence-electron chi connectivity index (χ4n) is 3.32. The van der Waals surface area contributed by atoms with E-state index in [1.807, 2.05) is 36.4 Å². The molecular formula is C22H22ClN3O3. The van der Waals surface area contributed by atoms with Gasteiger partial charge in [0, 0.05) is 35.2 Å². The molecule has 1 fully saturated rings. The summed E-state index contributed by atoms with van der Waals surface area (Å²) in [4.78, 5) is 18.7. The topological polar surface area (TPSA) is 68.5 Å². The van der Waals surface area contributed by atoms with Crippen LogP contribution in [-0.4, -0.2) is 29.2 Å². The van der Waals surface area contributed by atoms with Crippen LogP contribution >= 0.6 is 11.6 Å². The Balaban J connectivity index is 1.44. The van der Waals surface area contributed by atoms with E-state index in [4.69, 9.17) is 20.9 Å². The van der Waals surface area contributed by atoms with E-state index >= 15 is 0 Å². The van der Waals surface area contributed by atoms with Gasteiger partial charge in [0.05, 0.1) is 6.61 Å². The van der Waals surface area contributed by atoms with Crippen molar-refractivity contribution in [1.82, 2.24) is 10.1 Å². The molecule has 6 nitrogen and oxygen atoms in total. The molecule has 3 aromatic rings. The summed E-state index contributed by atoms with van der Waals surface area (Å²) in [5, 5.41) is 4.72. The SMILES string of the molecule is CCCCOc1ccc(-c2nc(C3CC(=O)N(c4cccc(Cl)c4)C3)no2)cc1. The van der Waals surface area contributed by atoms with Crippen LogP contribution in [0.2, 0.25) is 5.02 Å². The Labute approximate surface area is 174 Å². The average molecular weight is 412 g/mol. The van der Waals surface area contributed by atoms with E-state index in [-0.39, 0.29) is 11.8 Å². The van der Waals surface area contributed by atoms with Gasteiger partial charge in [0.25, 0.3) is 5.89 Å². The zero-order valence-corrected chi connectivity index (χ0v) is 16.9. The number of aromatic nitrogens is 2. The maximum atomic E-state index is 12.5. The van der Waals surface area contributed by atoms with Crippen LogP contribution in [0.1, 0.15) is 37.9 Å². The third-order valence-electron chi connectivity index (χ3n) is 4.92. The van der Waals surface area contributed by atoms with Crippen molar-refractivity contribution in [3.05, 3.63) is 59.4 Å². The number of halogens is 1. The standard InChI is InChI=1S/C22H22ClN3O3/c1-2-3-11-28-19-9-7-15(8-10-19)22-24-21(25-29-22)16-12-20(27)26(14-16)18-6-4-5-17(23)13-18/h4-10,13,16H,2-3,11-12,14H2,1H3. The molecule has 1 atom stereocenters. The number of unbranched alkanes of at least 4 members (excludes halogenated alkanes) is 1. The zero-order valence-electron chi connectivity index (χ0n) is 16.2. The summed E-state index contributed by atoms with van der Waals surface area (Å²) < 4.78 is 11.1. The fraction of sp³-hybridized carbons (Fsp3) is 0.318. The molecule has 0 spiro atoms. The fourth-order valence-corrected chi connectivity index (χ4v) is 3.50. The van der Waals surface area contributed by atoms with Crippen LogP contribution in [0, 0.1) is 0 Å². The van der Waals surface area contributed by atoms with E-state index in [1.54, 1.807) is 17.0 Å². The number of carbonyl (C=O) groups is 1. The molecular weight excluding hydrogens is 390 g/mol. The lowest BCUT2D eigenvalue weighted by atomic mass is 10.1. The lowest BCUT2D eigenvalue weighted by Gasteiger charge is -2.16. The Hall–Kier alpha value is -2.86. The van der Waals surface area contributed by atoms with Crippen molar-refractivity contribution in [3.63, 3.8) is 0 Å². The van der Waals surface area contributed by atoms with Gasteiger partial charge in [-0.25, -0.2) is 0 Å². The van der Waals surface area contributed by atoms with Gasteiger partial charge in [-0.2, -0.15) is 4.98 Å². The molecule has 2 heterocycles. The second kappa shape index (κ2) is 8.66. The van der Waals surface area contributed by atoms with Gasteiger partial charge in [-0.05, 0) is 48.9 Å². The number of benzene rings is 2. The first-order valence-electron chi connectivity index (χ1n) is 9.77. The Bertz CT molecular complexity index is 987. The highest BCUT2D eigenvalue weighted by atomic mass is 35.5. The number of ether oxygens (including phenoxy) is 1. The third-order valence-corrected chi connectivity index (χ3v) is 5.15. The molecule has 29 heavy (non-hydrogen) atoms. The normalized spacial score (nSPS) is 16.4. The van der Waals surface area contributed by atoms with Crippen molar-refractivity contribution in [2.24, 2.45) is 0 Å². The summed E-state index contributed by atoms with van der Waals surface area (Å²) in [5.41, 5.74) is 1.61. The second-order valence-electron chi connectivity index (χ2n) is 7.07. The van der Waals surface area contributed by atoms with E-state index < -0.39 is 0 Å². The third kappa shape index (κ3) is 4.43. The van der Waals surface area contributed by atoms with Gasteiger partial charge in [0.1, 0.15) is 5.75 Å². The largest absolute Gasteiger partial charge is 0.494 e. The van der Waals surface area contributed by atoms with Gasteiger partial charge >= 0.3 is 0 Å². The van der Waals surface area contributed by atoms with Crippen molar-refractivity contribution in [2.45, 2.75) is 32.1 Å². The monoisotopic (exact) mass is 411 g/mol. The highest BCUT2D eigenvalue weighted by molar-refractivity contribution is 6.30. The minimum absolute atomic E-state index is 0.0252. The summed E-state index contributed by atoms with van der Waals surface area (Å²) in [7, 11) is 0. The first kappa shape index (κ1) is 19.5. The molecule has 0 bridgehead atoms. The number of amides is 1. The highest BCUT2D eigenvalue weighted by Gasteiger charge is 2.34. The highest BCUT2D eigenvalue weighted by Crippen LogP contribution is 2.32. The smallest absolute Gasteiger partial charge is 0.257 e. The van der Waals surface area contributed by atoms with Crippen molar-refractivity contribution < 1.29 is 14.1 Å². The Morgan fingerprint density at radius 3 is 2.83 bits per heavy atom. The zero-order chi connectivity index (χ0) is 20.2. The predicted octanol–water partition coefficient (Wildman–Crippen LogP) is 5.09. The molecule has 0 N–H and O–H groups in total. The van der Waals surface area contributed by atoms with E-state index in [9.17, 15) is 4.79 Å². The molecule has 1 aliphatic rings. The lowest BCUT2D eigenvalue weighted by molar-refractivity contribution is -0.117. The number of carbonyl (C=O) groups excluding carboxylic acids is 1. The van der Waals surface area contributed by atoms with Crippen LogP contribution < -0.4 is 9.64 Å². The molecule has 2 aromatic carbocycles. The maximum absolute atomic E-state index is 12.5. The van der Waals surface area contributed by atoms with Crippen LogP contribution in [0.25, 0.3) is 11.5 Å². The number of anilines is 1. The lowest BCUT2D eigenvalue weighted by Crippen LogP contribution is -2.24. The van der Waals surface area contributed by atoms with Gasteiger partial charge in [-0.3, -0.25) is 4.79 Å². The number of nitrogens with zero attached hydrogens (tertiary/aromatic N) is 3. The first-order valence-corrected chi connectivity index (χ1v) is 10.1. The molecule has 1 amide bonds. The van der Waals surface area contributed by atoms with Gasteiger partial charge in [-0.15, -0.1) is 0 Å². The molecule has 1 saturated heterocycles. The van der Waals surface area contributed by atoms with Crippen molar-refractivity contribution >= 4 is 23.2 Å². The molecule has 1 aromatic heterocycles. The number of hydrogen-bond donors (Lipinski definition) is 0. The Kier molecular flexibility index (Phi) is 5.81. The summed E-state index contributed by atoms with van der Waals surface area (Å²) >= 11 is 6.06. The van der Waals surface area contributed by atoms with Crippen LogP contribution in [0.4, 0.5) is 5.69 Å². The minimum atomic E-state index is -0.115. The summed E-state index contributed by atoms with van der Waals surface area (Å²) in [6, 6.07) is 14.9. The quantitative estimate of drug-likeness (QED) is 0.506. The van der Waals surface area contributed by atoms with E-state index in [0.29, 0.717) is 36.3 Å². The van der Waals surface area contributed by atoms with E-state index in [0.717, 1.165) is 29.8 Å². The van der Waals surface area contributed by atoms with Crippen molar-refractivity contribution in [3.8, 4) is 17.2 Å². The van der Waals surface area contributed by atoms with E-state index in [2.05, 4.69) is 17.1 Å². The van der Waals surface area contributed by atoms with Crippen LogP contribution in [-0.2, 0) is 4.79 Å². The first-order chi connectivity index (χ1) is 14.1. The van der Waals surface area contributed by atoms with Gasteiger partial charge in [0.2, 0.25) is 5.91 Å². The number of rotatable bonds is 7. The van der Waals surface area contributed by atoms with Crippen LogP contribution in [0.5, 0.6) is 5.75 Å². The molecule has 4 rings (SSSR count). The molecule has 150 valence electrons. The van der Waals surface area contributed by atoms with Crippen LogP contribution in [0.3, 0.4) is 0 Å². The molecule has 0 radical (unpaired) electrons. The van der Waals surface area contributed by atoms with Crippen molar-refractivity contribution in [2.75, 3.05) is 18.1 Å². The second-order valence-corrected chi connectivity index (χ2v) is 7.51. The molecule has 0 saturated carbocycles. The summed E-state index contributed by atoms with van der Waals surface area (Å²) in [6.45, 7) is 3.34. The van der Waals surface area contributed by atoms with Crippen molar-refractivity contribution in [1.29, 1.82) is 0 Å².